The summed E-state index contributed by atoms with van der Waals surface area (Å²) in [6.45, 7) is 10.5. The van der Waals surface area contributed by atoms with Gasteiger partial charge < -0.3 is 19.7 Å². The lowest BCUT2D eigenvalue weighted by atomic mass is 10.4. The van der Waals surface area contributed by atoms with Crippen LogP contribution in [-0.4, -0.2) is 57.9 Å². The van der Waals surface area contributed by atoms with Crippen LogP contribution in [0.25, 0.3) is 0 Å². The minimum atomic E-state index is -0.278. The summed E-state index contributed by atoms with van der Waals surface area (Å²) in [4.78, 5) is 13.1. The van der Waals surface area contributed by atoms with Crippen molar-refractivity contribution in [3.8, 4) is 0 Å². The Balaban J connectivity index is 0. The van der Waals surface area contributed by atoms with E-state index < -0.39 is 0 Å². The summed E-state index contributed by atoms with van der Waals surface area (Å²) in [5.74, 6) is -0.278. The molecule has 5 heteroatoms. The van der Waals surface area contributed by atoms with E-state index in [0.717, 1.165) is 19.5 Å². The van der Waals surface area contributed by atoms with Gasteiger partial charge >= 0.3 is 5.97 Å². The van der Waals surface area contributed by atoms with E-state index >= 15 is 0 Å². The zero-order chi connectivity index (χ0) is 14.9. The van der Waals surface area contributed by atoms with Crippen molar-refractivity contribution >= 4 is 5.97 Å². The van der Waals surface area contributed by atoms with Gasteiger partial charge in [-0.15, -0.1) is 0 Å². The summed E-state index contributed by atoms with van der Waals surface area (Å²) in [6.07, 6.45) is 3.75. The molecule has 0 unspecified atom stereocenters. The summed E-state index contributed by atoms with van der Waals surface area (Å²) in [5.41, 5.74) is 0. The van der Waals surface area contributed by atoms with E-state index in [0.29, 0.717) is 13.2 Å². The lowest BCUT2D eigenvalue weighted by Crippen LogP contribution is -2.22. The molecule has 0 heterocycles. The van der Waals surface area contributed by atoms with Crippen molar-refractivity contribution in [3.63, 3.8) is 0 Å². The van der Waals surface area contributed by atoms with Gasteiger partial charge in [0.25, 0.3) is 0 Å². The fraction of sp³-hybridized carbons (Fsp3) is 0.786. The molecule has 0 amide bonds. The molecule has 114 valence electrons. The predicted octanol–water partition coefficient (Wildman–Crippen LogP) is 1.65. The molecule has 0 saturated heterocycles. The van der Waals surface area contributed by atoms with E-state index in [1.54, 1.807) is 13.1 Å². The number of hydrogen-bond donors (Lipinski definition) is 1. The van der Waals surface area contributed by atoms with Crippen LogP contribution in [0.1, 0.15) is 26.7 Å². The number of ether oxygens (including phenoxy) is 2. The molecule has 0 atom stereocenters. The first-order valence-corrected chi connectivity index (χ1v) is 6.82. The highest BCUT2D eigenvalue weighted by Gasteiger charge is 2.01. The average Bonchev–Trinajstić information content (AvgIpc) is 2.39. The minimum absolute atomic E-state index is 0.0747. The Morgan fingerprint density at radius 2 is 2.00 bits per heavy atom. The van der Waals surface area contributed by atoms with Gasteiger partial charge in [-0.3, -0.25) is 0 Å². The Kier molecular flexibility index (Phi) is 18.0. The third-order valence-corrected chi connectivity index (χ3v) is 2.16. The maximum atomic E-state index is 10.9. The van der Waals surface area contributed by atoms with E-state index in [2.05, 4.69) is 30.8 Å². The van der Waals surface area contributed by atoms with Gasteiger partial charge in [-0.2, -0.15) is 0 Å². The minimum Gasteiger partial charge on any atom is -0.464 e. The molecule has 1 N–H and O–H groups in total. The quantitative estimate of drug-likeness (QED) is 0.485. The van der Waals surface area contributed by atoms with Gasteiger partial charge in [0.1, 0.15) is 6.61 Å². The molecule has 0 fully saturated rings. The smallest absolute Gasteiger partial charge is 0.332 e. The molecule has 0 aromatic carbocycles. The lowest BCUT2D eigenvalue weighted by molar-refractivity contribution is -0.148. The van der Waals surface area contributed by atoms with Gasteiger partial charge in [0.15, 0.2) is 0 Å². The number of esters is 1. The van der Waals surface area contributed by atoms with E-state index in [9.17, 15) is 4.79 Å². The summed E-state index contributed by atoms with van der Waals surface area (Å²) in [6, 6.07) is 0. The number of nitrogens with zero attached hydrogens (tertiary/aromatic N) is 1. The van der Waals surface area contributed by atoms with Crippen LogP contribution >= 0.6 is 0 Å². The topological polar surface area (TPSA) is 50.8 Å². The van der Waals surface area contributed by atoms with Crippen molar-refractivity contribution in [1.82, 2.24) is 10.2 Å². The maximum absolute atomic E-state index is 10.9. The Hall–Kier alpha value is -1.07. The predicted molar refractivity (Wildman–Crippen MR) is 79.1 cm³/mol. The average molecular weight is 274 g/mol. The Bertz CT molecular complexity index is 211. The molecule has 0 saturated carbocycles. The zero-order valence-electron chi connectivity index (χ0n) is 12.9. The molecular weight excluding hydrogens is 244 g/mol. The second-order valence-electron chi connectivity index (χ2n) is 4.01. The van der Waals surface area contributed by atoms with Crippen LogP contribution in [0, 0.1) is 0 Å². The normalized spacial score (nSPS) is 9.53. The van der Waals surface area contributed by atoms with E-state index in [-0.39, 0.29) is 12.6 Å². The van der Waals surface area contributed by atoms with Crippen molar-refractivity contribution in [2.24, 2.45) is 0 Å². The first-order valence-electron chi connectivity index (χ1n) is 6.82. The summed E-state index contributed by atoms with van der Waals surface area (Å²) in [5, 5.41) is 2.69. The molecule has 5 nitrogen and oxygen atoms in total. The molecule has 0 aromatic heterocycles. The van der Waals surface area contributed by atoms with Crippen LogP contribution in [0.5, 0.6) is 0 Å². The number of rotatable bonds is 10. The lowest BCUT2D eigenvalue weighted by Gasteiger charge is -2.14. The highest BCUT2D eigenvalue weighted by Crippen LogP contribution is 1.91. The van der Waals surface area contributed by atoms with Crippen LogP contribution in [0.4, 0.5) is 0 Å². The van der Waals surface area contributed by atoms with Crippen molar-refractivity contribution in [2.75, 3.05) is 47.0 Å². The van der Waals surface area contributed by atoms with Gasteiger partial charge in [0, 0.05) is 20.2 Å². The third-order valence-electron chi connectivity index (χ3n) is 2.16. The molecule has 0 bridgehead atoms. The second-order valence-corrected chi connectivity index (χ2v) is 4.01. The Morgan fingerprint density at radius 1 is 1.37 bits per heavy atom. The van der Waals surface area contributed by atoms with Crippen molar-refractivity contribution in [2.45, 2.75) is 26.7 Å². The highest BCUT2D eigenvalue weighted by molar-refractivity contribution is 5.70. The third kappa shape index (κ3) is 19.4. The first kappa shape index (κ1) is 20.3. The number of carbonyl (C=O) groups excluding carboxylic acids is 1. The molecule has 0 aliphatic carbocycles. The summed E-state index contributed by atoms with van der Waals surface area (Å²) < 4.78 is 9.91. The van der Waals surface area contributed by atoms with Gasteiger partial charge in [0.05, 0.1) is 6.61 Å². The van der Waals surface area contributed by atoms with Gasteiger partial charge in [0.2, 0.25) is 0 Å². The van der Waals surface area contributed by atoms with E-state index in [4.69, 9.17) is 9.47 Å². The number of nitrogens with one attached hydrogen (secondary N) is 1. The first-order chi connectivity index (χ1) is 9.12. The fourth-order valence-electron chi connectivity index (χ4n) is 1.29. The van der Waals surface area contributed by atoms with Crippen LogP contribution in [0.15, 0.2) is 12.8 Å². The van der Waals surface area contributed by atoms with Crippen LogP contribution in [0.2, 0.25) is 0 Å². The zero-order valence-corrected chi connectivity index (χ0v) is 12.9. The van der Waals surface area contributed by atoms with Gasteiger partial charge in [-0.25, -0.2) is 4.79 Å². The standard InChI is InChI=1S/C11H23NO3.C3H7N/c1-4-7-12(3)8-6-9-14-10-11(13)15-5-2;1-3-4-2/h4-10H2,1-3H3;3-4H,1H2,2H3. The summed E-state index contributed by atoms with van der Waals surface area (Å²) in [7, 11) is 3.90. The molecule has 0 aliphatic heterocycles. The Morgan fingerprint density at radius 3 is 2.47 bits per heavy atom. The van der Waals surface area contributed by atoms with Crippen LogP contribution in [0.3, 0.4) is 0 Å². The molecule has 0 rings (SSSR count). The Labute approximate surface area is 117 Å². The fourth-order valence-corrected chi connectivity index (χ4v) is 1.29. The van der Waals surface area contributed by atoms with Crippen molar-refractivity contribution < 1.29 is 14.3 Å². The highest BCUT2D eigenvalue weighted by atomic mass is 16.6. The van der Waals surface area contributed by atoms with Gasteiger partial charge in [-0.05, 0) is 39.6 Å². The molecule has 0 aromatic rings. The van der Waals surface area contributed by atoms with Gasteiger partial charge in [-0.1, -0.05) is 13.5 Å². The van der Waals surface area contributed by atoms with E-state index in [1.807, 2.05) is 7.05 Å². The summed E-state index contributed by atoms with van der Waals surface area (Å²) >= 11 is 0. The monoisotopic (exact) mass is 274 g/mol. The van der Waals surface area contributed by atoms with Crippen LogP contribution < -0.4 is 5.32 Å². The SMILES string of the molecule is C=CNC.CCCN(C)CCCOCC(=O)OCC. The number of carbonyl (C=O) groups is 1. The second kappa shape index (κ2) is 16.9. The van der Waals surface area contributed by atoms with Crippen molar-refractivity contribution in [3.05, 3.63) is 12.8 Å². The molecular formula is C14H30N2O3. The molecule has 19 heavy (non-hydrogen) atoms. The number of hydrogen-bond acceptors (Lipinski definition) is 5. The molecule has 0 aliphatic rings. The van der Waals surface area contributed by atoms with Crippen molar-refractivity contribution in [1.29, 1.82) is 0 Å². The largest absolute Gasteiger partial charge is 0.464 e. The maximum Gasteiger partial charge on any atom is 0.332 e. The van der Waals surface area contributed by atoms with E-state index in [1.165, 1.54) is 6.42 Å². The molecule has 0 radical (unpaired) electrons. The van der Waals surface area contributed by atoms with Crippen LogP contribution in [-0.2, 0) is 14.3 Å². The molecule has 0 spiro atoms.